The largest absolute Gasteiger partial charge is 0.394 e. The number of rotatable bonds is 2. The number of aromatic nitrogens is 4. The molecule has 3 rings (SSSR count). The van der Waals surface area contributed by atoms with Crippen molar-refractivity contribution >= 4 is 17.0 Å². The van der Waals surface area contributed by atoms with Crippen LogP contribution in [0.1, 0.15) is 12.6 Å². The van der Waals surface area contributed by atoms with Crippen molar-refractivity contribution in [2.45, 2.75) is 37.1 Å². The Hall–Kier alpha value is -1.85. The minimum absolute atomic E-state index is 0.00983. The number of nitrogens with two attached hydrogens (primary N) is 1. The number of ether oxygens (including phenoxy) is 1. The van der Waals surface area contributed by atoms with Crippen molar-refractivity contribution in [3.63, 3.8) is 0 Å². The van der Waals surface area contributed by atoms with Crippen LogP contribution in [-0.4, -0.2) is 71.0 Å². The molecule has 10 heteroatoms. The van der Waals surface area contributed by atoms with E-state index in [9.17, 15) is 20.4 Å². The summed E-state index contributed by atoms with van der Waals surface area (Å²) < 4.78 is 7.13. The van der Waals surface area contributed by atoms with Crippen molar-refractivity contribution in [2.75, 3.05) is 12.3 Å². The Morgan fingerprint density at radius 2 is 2.00 bits per heavy atom. The third kappa shape index (κ3) is 2.40. The number of hydrogen-bond donors (Lipinski definition) is 5. The summed E-state index contributed by atoms with van der Waals surface area (Å²) in [6.45, 7) is -0.509. The van der Waals surface area contributed by atoms with Crippen molar-refractivity contribution in [1.82, 2.24) is 19.5 Å². The van der Waals surface area contributed by atoms with Gasteiger partial charge < -0.3 is 30.9 Å². The number of aliphatic hydroxyl groups is 4. The molecule has 0 aromatic carbocycles. The van der Waals surface area contributed by atoms with Gasteiger partial charge in [-0.3, -0.25) is 4.57 Å². The Morgan fingerprint density at radius 1 is 1.23 bits per heavy atom. The molecule has 0 bridgehead atoms. The minimum atomic E-state index is -1.42. The van der Waals surface area contributed by atoms with E-state index in [1.807, 2.05) is 0 Å². The molecule has 1 fully saturated rings. The maximum Gasteiger partial charge on any atom is 0.167 e. The number of fused-ring (bicyclic) bond motifs is 1. The average Bonchev–Trinajstić information content (AvgIpc) is 2.91. The second-order valence-corrected chi connectivity index (χ2v) is 5.18. The molecule has 2 aromatic heterocycles. The van der Waals surface area contributed by atoms with Crippen LogP contribution in [0.2, 0.25) is 0 Å². The van der Waals surface area contributed by atoms with Crippen LogP contribution in [0.5, 0.6) is 0 Å². The Labute approximate surface area is 124 Å². The fourth-order valence-corrected chi connectivity index (χ4v) is 2.54. The number of nitrogen functional groups attached to an aromatic ring is 1. The standard InChI is InChI=1S/C12H17N5O5/c13-11-8-12(15-3-14-11)17(4-16-8)7-1-5(19)9(20)10(21)6(2-18)22-7/h3-7,9-10,18-21H,1-2H2,(H2,13,14,15)/t5-,6?,7+,9?,10-/m1/s1. The average molecular weight is 311 g/mol. The monoisotopic (exact) mass is 311 g/mol. The van der Waals surface area contributed by atoms with Crippen molar-refractivity contribution in [1.29, 1.82) is 0 Å². The Morgan fingerprint density at radius 3 is 2.73 bits per heavy atom. The zero-order chi connectivity index (χ0) is 15.9. The maximum absolute atomic E-state index is 9.97. The Kier molecular flexibility index (Phi) is 3.93. The van der Waals surface area contributed by atoms with Crippen LogP contribution in [0.25, 0.3) is 11.2 Å². The van der Waals surface area contributed by atoms with Gasteiger partial charge in [-0.15, -0.1) is 0 Å². The number of nitrogens with zero attached hydrogens (tertiary/aromatic N) is 4. The van der Waals surface area contributed by atoms with Crippen molar-refractivity contribution in [3.05, 3.63) is 12.7 Å². The summed E-state index contributed by atoms with van der Waals surface area (Å²) in [6.07, 6.45) is -3.19. The first-order chi connectivity index (χ1) is 10.5. The highest BCUT2D eigenvalue weighted by atomic mass is 16.5. The predicted molar refractivity (Wildman–Crippen MR) is 73.4 cm³/mol. The Balaban J connectivity index is 2.00. The van der Waals surface area contributed by atoms with Gasteiger partial charge in [0.2, 0.25) is 0 Å². The van der Waals surface area contributed by atoms with Gasteiger partial charge in [-0.05, 0) is 0 Å². The van der Waals surface area contributed by atoms with Crippen LogP contribution >= 0.6 is 0 Å². The van der Waals surface area contributed by atoms with E-state index in [1.165, 1.54) is 17.2 Å². The van der Waals surface area contributed by atoms with E-state index in [0.29, 0.717) is 11.2 Å². The van der Waals surface area contributed by atoms with Crippen LogP contribution in [-0.2, 0) is 4.74 Å². The first kappa shape index (κ1) is 15.1. The van der Waals surface area contributed by atoms with Crippen LogP contribution in [0.4, 0.5) is 5.82 Å². The van der Waals surface area contributed by atoms with Gasteiger partial charge in [0, 0.05) is 6.42 Å². The molecule has 1 aliphatic rings. The summed E-state index contributed by atoms with van der Waals surface area (Å²) in [6, 6.07) is 0. The normalized spacial score (nSPS) is 33.0. The molecule has 0 saturated carbocycles. The SMILES string of the molecule is Nc1ncnc2c1ncn2[C@@H]1C[C@@H](O)C(O)[C@H](O)C(CO)O1. The molecule has 0 radical (unpaired) electrons. The van der Waals surface area contributed by atoms with Gasteiger partial charge in [-0.2, -0.15) is 0 Å². The number of hydrogen-bond acceptors (Lipinski definition) is 9. The zero-order valence-corrected chi connectivity index (χ0v) is 11.5. The molecule has 3 heterocycles. The summed E-state index contributed by atoms with van der Waals surface area (Å²) >= 11 is 0. The fraction of sp³-hybridized carbons (Fsp3) is 0.583. The van der Waals surface area contributed by atoms with Gasteiger partial charge in [0.1, 0.15) is 36.4 Å². The molecular weight excluding hydrogens is 294 g/mol. The summed E-state index contributed by atoms with van der Waals surface area (Å²) in [5.74, 6) is 0.205. The molecule has 1 aliphatic heterocycles. The number of imidazole rings is 1. The number of anilines is 1. The predicted octanol–water partition coefficient (Wildman–Crippen LogP) is -2.23. The molecule has 120 valence electrons. The van der Waals surface area contributed by atoms with Crippen molar-refractivity contribution in [2.24, 2.45) is 0 Å². The first-order valence-corrected chi connectivity index (χ1v) is 6.76. The van der Waals surface area contributed by atoms with E-state index in [0.717, 1.165) is 0 Å². The van der Waals surface area contributed by atoms with E-state index in [2.05, 4.69) is 15.0 Å². The molecule has 1 saturated heterocycles. The van der Waals surface area contributed by atoms with Crippen LogP contribution < -0.4 is 5.73 Å². The van der Waals surface area contributed by atoms with Gasteiger partial charge in [0.25, 0.3) is 0 Å². The molecule has 10 nitrogen and oxygen atoms in total. The van der Waals surface area contributed by atoms with E-state index in [1.54, 1.807) is 0 Å². The van der Waals surface area contributed by atoms with Gasteiger partial charge in [-0.1, -0.05) is 0 Å². The summed E-state index contributed by atoms with van der Waals surface area (Å²) in [5.41, 5.74) is 6.49. The van der Waals surface area contributed by atoms with E-state index >= 15 is 0 Å². The lowest BCUT2D eigenvalue weighted by Crippen LogP contribution is -2.44. The fourth-order valence-electron chi connectivity index (χ4n) is 2.54. The lowest BCUT2D eigenvalue weighted by Gasteiger charge is -2.24. The topological polar surface area (TPSA) is 160 Å². The van der Waals surface area contributed by atoms with Gasteiger partial charge in [0.05, 0.1) is 19.0 Å². The number of aliphatic hydroxyl groups excluding tert-OH is 4. The molecular formula is C12H17N5O5. The highest BCUT2D eigenvalue weighted by molar-refractivity contribution is 5.81. The second kappa shape index (κ2) is 5.74. The van der Waals surface area contributed by atoms with Gasteiger partial charge in [-0.25, -0.2) is 15.0 Å². The minimum Gasteiger partial charge on any atom is -0.394 e. The Bertz CT molecular complexity index is 664. The van der Waals surface area contributed by atoms with Gasteiger partial charge >= 0.3 is 0 Å². The molecule has 2 unspecified atom stereocenters. The summed E-state index contributed by atoms with van der Waals surface area (Å²) in [5, 5.41) is 39.0. The second-order valence-electron chi connectivity index (χ2n) is 5.18. The van der Waals surface area contributed by atoms with Gasteiger partial charge in [0.15, 0.2) is 11.5 Å². The molecule has 6 N–H and O–H groups in total. The van der Waals surface area contributed by atoms with Crippen LogP contribution in [0.15, 0.2) is 12.7 Å². The molecule has 0 aliphatic carbocycles. The van der Waals surface area contributed by atoms with Crippen LogP contribution in [0.3, 0.4) is 0 Å². The summed E-state index contributed by atoms with van der Waals surface area (Å²) in [7, 11) is 0. The lowest BCUT2D eigenvalue weighted by atomic mass is 10.0. The van der Waals surface area contributed by atoms with E-state index < -0.39 is 37.3 Å². The smallest absolute Gasteiger partial charge is 0.167 e. The highest BCUT2D eigenvalue weighted by Gasteiger charge is 2.39. The third-order valence-electron chi connectivity index (χ3n) is 3.78. The molecule has 2 aromatic rings. The molecule has 5 atom stereocenters. The quantitative estimate of drug-likeness (QED) is 0.413. The molecule has 22 heavy (non-hydrogen) atoms. The maximum atomic E-state index is 9.97. The first-order valence-electron chi connectivity index (χ1n) is 6.76. The van der Waals surface area contributed by atoms with Crippen LogP contribution in [0, 0.1) is 0 Å². The van der Waals surface area contributed by atoms with E-state index in [4.69, 9.17) is 10.5 Å². The zero-order valence-electron chi connectivity index (χ0n) is 11.5. The van der Waals surface area contributed by atoms with Crippen molar-refractivity contribution < 1.29 is 25.2 Å². The lowest BCUT2D eigenvalue weighted by molar-refractivity contribution is -0.130. The third-order valence-corrected chi connectivity index (χ3v) is 3.78. The summed E-state index contributed by atoms with van der Waals surface area (Å²) in [4.78, 5) is 12.0. The molecule has 0 amide bonds. The molecule has 0 spiro atoms. The highest BCUT2D eigenvalue weighted by Crippen LogP contribution is 2.29. The van der Waals surface area contributed by atoms with Crippen molar-refractivity contribution in [3.8, 4) is 0 Å². The van der Waals surface area contributed by atoms with E-state index in [-0.39, 0.29) is 12.2 Å².